The van der Waals surface area contributed by atoms with Gasteiger partial charge in [-0.2, -0.15) is 0 Å². The molecule has 0 aromatic carbocycles. The van der Waals surface area contributed by atoms with Crippen molar-refractivity contribution < 1.29 is 9.84 Å². The number of rotatable bonds is 5. The molecule has 0 aliphatic rings. The fraction of sp³-hybridized carbons (Fsp3) is 1.00. The highest BCUT2D eigenvalue weighted by atomic mass is 16.5. The van der Waals surface area contributed by atoms with Crippen LogP contribution in [-0.2, 0) is 4.74 Å². The van der Waals surface area contributed by atoms with E-state index >= 15 is 0 Å². The Morgan fingerprint density at radius 2 is 2.20 bits per heavy atom. The Morgan fingerprint density at radius 1 is 1.60 bits per heavy atom. The second kappa shape index (κ2) is 5.61. The van der Waals surface area contributed by atoms with E-state index in [-0.39, 0.29) is 6.61 Å². The van der Waals surface area contributed by atoms with Gasteiger partial charge in [-0.15, -0.1) is 0 Å². The Kier molecular flexibility index (Phi) is 5.52. The average Bonchev–Trinajstić information content (AvgIpc) is 1.79. The fourth-order valence-corrected chi connectivity index (χ4v) is 0.451. The van der Waals surface area contributed by atoms with E-state index in [0.717, 1.165) is 6.54 Å². The largest absolute Gasteiger partial charge is 0.376 e. The molecule has 3 N–H and O–H groups in total. The molecule has 0 aromatic rings. The smallest absolute Gasteiger partial charge is 0.126 e. The van der Waals surface area contributed by atoms with Crippen molar-refractivity contribution in [2.24, 2.45) is 5.73 Å². The van der Waals surface area contributed by atoms with Gasteiger partial charge in [-0.3, -0.25) is 0 Å². The summed E-state index contributed by atoms with van der Waals surface area (Å²) >= 11 is 0. The Bertz CT molecular complexity index is 66.1. The van der Waals surface area contributed by atoms with Gasteiger partial charge in [0.2, 0.25) is 0 Å². The lowest BCUT2D eigenvalue weighted by atomic mass is 10.6. The Morgan fingerprint density at radius 3 is 2.60 bits per heavy atom. The summed E-state index contributed by atoms with van der Waals surface area (Å²) in [5.74, 6) is 0. The normalized spacial score (nSPS) is 14.1. The molecule has 0 saturated carbocycles. The van der Waals surface area contributed by atoms with Gasteiger partial charge in [0.25, 0.3) is 0 Å². The van der Waals surface area contributed by atoms with Crippen LogP contribution >= 0.6 is 0 Å². The lowest BCUT2D eigenvalue weighted by Gasteiger charge is -2.10. The summed E-state index contributed by atoms with van der Waals surface area (Å²) < 4.78 is 4.99. The monoisotopic (exact) mass is 148 g/mol. The van der Waals surface area contributed by atoms with Crippen molar-refractivity contribution in [3.05, 3.63) is 0 Å². The molecule has 4 nitrogen and oxygen atoms in total. The Labute approximate surface area is 61.6 Å². The standard InChI is InChI=1S/C6H16N2O2/c1-8(2)3-4-10-5-6(7)9/h6,9H,3-5,7H2,1-2H3. The number of ether oxygens (including phenoxy) is 1. The van der Waals surface area contributed by atoms with Crippen molar-refractivity contribution in [2.75, 3.05) is 33.9 Å². The maximum atomic E-state index is 8.56. The second-order valence-electron chi connectivity index (χ2n) is 2.45. The molecule has 0 radical (unpaired) electrons. The summed E-state index contributed by atoms with van der Waals surface area (Å²) in [6, 6.07) is 0. The van der Waals surface area contributed by atoms with Crippen molar-refractivity contribution >= 4 is 0 Å². The topological polar surface area (TPSA) is 58.7 Å². The zero-order valence-electron chi connectivity index (χ0n) is 6.58. The third kappa shape index (κ3) is 7.84. The van der Waals surface area contributed by atoms with E-state index < -0.39 is 6.23 Å². The number of nitrogens with zero attached hydrogens (tertiary/aromatic N) is 1. The first kappa shape index (κ1) is 9.84. The lowest BCUT2D eigenvalue weighted by Crippen LogP contribution is -2.27. The summed E-state index contributed by atoms with van der Waals surface area (Å²) in [6.45, 7) is 1.68. The van der Waals surface area contributed by atoms with Crippen molar-refractivity contribution in [3.63, 3.8) is 0 Å². The maximum Gasteiger partial charge on any atom is 0.126 e. The van der Waals surface area contributed by atoms with Crippen LogP contribution in [0.5, 0.6) is 0 Å². The van der Waals surface area contributed by atoms with E-state index in [2.05, 4.69) is 0 Å². The summed E-state index contributed by atoms with van der Waals surface area (Å²) in [7, 11) is 3.92. The fourth-order valence-electron chi connectivity index (χ4n) is 0.451. The first-order chi connectivity index (χ1) is 4.63. The van der Waals surface area contributed by atoms with E-state index in [1.54, 1.807) is 0 Å². The number of aliphatic hydroxyl groups is 1. The SMILES string of the molecule is CN(C)CCOCC(N)O. The molecule has 0 aliphatic carbocycles. The van der Waals surface area contributed by atoms with E-state index in [9.17, 15) is 0 Å². The number of aliphatic hydroxyl groups excluding tert-OH is 1. The number of likely N-dealkylation sites (N-methyl/N-ethyl adjacent to an activating group) is 1. The van der Waals surface area contributed by atoms with Crippen molar-refractivity contribution in [2.45, 2.75) is 6.23 Å². The average molecular weight is 148 g/mol. The van der Waals surface area contributed by atoms with E-state index in [1.165, 1.54) is 0 Å². The summed E-state index contributed by atoms with van der Waals surface area (Å²) in [4.78, 5) is 2.00. The maximum absolute atomic E-state index is 8.56. The van der Waals surface area contributed by atoms with Gasteiger partial charge in [0.15, 0.2) is 0 Å². The van der Waals surface area contributed by atoms with Crippen molar-refractivity contribution in [1.82, 2.24) is 4.90 Å². The van der Waals surface area contributed by atoms with Gasteiger partial charge < -0.3 is 20.5 Å². The first-order valence-corrected chi connectivity index (χ1v) is 3.29. The molecule has 0 bridgehead atoms. The number of hydrogen-bond donors (Lipinski definition) is 2. The lowest BCUT2D eigenvalue weighted by molar-refractivity contribution is 0.0346. The van der Waals surface area contributed by atoms with Crippen molar-refractivity contribution in [1.29, 1.82) is 0 Å². The van der Waals surface area contributed by atoms with Crippen molar-refractivity contribution in [3.8, 4) is 0 Å². The van der Waals surface area contributed by atoms with E-state index in [0.29, 0.717) is 6.61 Å². The molecule has 0 fully saturated rings. The van der Waals surface area contributed by atoms with Crippen LogP contribution in [0.3, 0.4) is 0 Å². The molecule has 0 rings (SSSR count). The van der Waals surface area contributed by atoms with Gasteiger partial charge in [0.1, 0.15) is 6.23 Å². The number of nitrogens with two attached hydrogens (primary N) is 1. The molecule has 4 heteroatoms. The molecule has 10 heavy (non-hydrogen) atoms. The van der Waals surface area contributed by atoms with Gasteiger partial charge in [-0.05, 0) is 14.1 Å². The highest BCUT2D eigenvalue weighted by Crippen LogP contribution is 1.79. The van der Waals surface area contributed by atoms with Crippen LogP contribution in [0.15, 0.2) is 0 Å². The van der Waals surface area contributed by atoms with Crippen LogP contribution in [0, 0.1) is 0 Å². The molecule has 0 heterocycles. The minimum absolute atomic E-state index is 0.216. The second-order valence-corrected chi connectivity index (χ2v) is 2.45. The van der Waals surface area contributed by atoms with Crippen LogP contribution in [-0.4, -0.2) is 50.1 Å². The van der Waals surface area contributed by atoms with Gasteiger partial charge in [-0.1, -0.05) is 0 Å². The number of hydrogen-bond acceptors (Lipinski definition) is 4. The highest BCUT2D eigenvalue weighted by Gasteiger charge is 1.94. The summed E-state index contributed by atoms with van der Waals surface area (Å²) in [6.07, 6.45) is -0.845. The molecule has 0 saturated heterocycles. The molecule has 0 amide bonds. The predicted molar refractivity (Wildman–Crippen MR) is 39.6 cm³/mol. The zero-order chi connectivity index (χ0) is 7.98. The van der Waals surface area contributed by atoms with E-state index in [4.69, 9.17) is 15.6 Å². The summed E-state index contributed by atoms with van der Waals surface area (Å²) in [5.41, 5.74) is 5.03. The van der Waals surface area contributed by atoms with Gasteiger partial charge in [-0.25, -0.2) is 0 Å². The quantitative estimate of drug-likeness (QED) is 0.381. The Hall–Kier alpha value is -0.160. The predicted octanol–water partition coefficient (Wildman–Crippen LogP) is -1.16. The first-order valence-electron chi connectivity index (χ1n) is 3.29. The van der Waals surface area contributed by atoms with Crippen LogP contribution in [0.25, 0.3) is 0 Å². The zero-order valence-corrected chi connectivity index (χ0v) is 6.58. The van der Waals surface area contributed by atoms with Crippen LogP contribution in [0.4, 0.5) is 0 Å². The Balaban J connectivity index is 2.91. The molecule has 0 aliphatic heterocycles. The van der Waals surface area contributed by atoms with E-state index in [1.807, 2.05) is 19.0 Å². The van der Waals surface area contributed by atoms with Crippen LogP contribution in [0.2, 0.25) is 0 Å². The molecular formula is C6H16N2O2. The van der Waals surface area contributed by atoms with Crippen LogP contribution in [0.1, 0.15) is 0 Å². The minimum Gasteiger partial charge on any atom is -0.376 e. The van der Waals surface area contributed by atoms with Crippen LogP contribution < -0.4 is 5.73 Å². The third-order valence-corrected chi connectivity index (χ3v) is 0.971. The molecule has 62 valence electrons. The van der Waals surface area contributed by atoms with Gasteiger partial charge in [0, 0.05) is 6.54 Å². The van der Waals surface area contributed by atoms with Gasteiger partial charge >= 0.3 is 0 Å². The highest BCUT2D eigenvalue weighted by molar-refractivity contribution is 4.42. The summed E-state index contributed by atoms with van der Waals surface area (Å²) in [5, 5.41) is 8.56. The molecule has 1 atom stereocenters. The molecule has 0 spiro atoms. The third-order valence-electron chi connectivity index (χ3n) is 0.971. The molecule has 0 aromatic heterocycles. The molecular weight excluding hydrogens is 132 g/mol. The molecule has 1 unspecified atom stereocenters. The van der Waals surface area contributed by atoms with Gasteiger partial charge in [0.05, 0.1) is 13.2 Å². The minimum atomic E-state index is -0.845.